The van der Waals surface area contributed by atoms with Crippen LogP contribution in [0.15, 0.2) is 0 Å². The molecular weight excluding hydrogens is 262 g/mol. The number of unbranched alkanes of at least 4 members (excludes halogenated alkanes) is 1. The van der Waals surface area contributed by atoms with E-state index in [0.29, 0.717) is 19.0 Å². The molecule has 0 unspecified atom stereocenters. The van der Waals surface area contributed by atoms with Gasteiger partial charge >= 0.3 is 0 Å². The summed E-state index contributed by atoms with van der Waals surface area (Å²) in [6.07, 6.45) is 3.96. The summed E-state index contributed by atoms with van der Waals surface area (Å²) in [6.45, 7) is 9.26. The van der Waals surface area contributed by atoms with Crippen LogP contribution in [0.4, 0.5) is 0 Å². The quantitative estimate of drug-likeness (QED) is 0.537. The van der Waals surface area contributed by atoms with Crippen LogP contribution in [0.1, 0.15) is 46.5 Å². The van der Waals surface area contributed by atoms with E-state index in [-0.39, 0.29) is 0 Å². The van der Waals surface area contributed by atoms with E-state index in [4.69, 9.17) is 0 Å². The van der Waals surface area contributed by atoms with E-state index in [0.717, 1.165) is 38.8 Å². The lowest BCUT2D eigenvalue weighted by Crippen LogP contribution is -2.39. The predicted octanol–water partition coefficient (Wildman–Crippen LogP) is 1.58. The summed E-state index contributed by atoms with van der Waals surface area (Å²) < 4.78 is 27.8. The molecule has 0 atom stereocenters. The monoisotopic (exact) mass is 293 g/mol. The van der Waals surface area contributed by atoms with Crippen LogP contribution in [0.25, 0.3) is 0 Å². The summed E-state index contributed by atoms with van der Waals surface area (Å²) in [5, 5.41) is 3.18. The molecule has 0 aliphatic rings. The summed E-state index contributed by atoms with van der Waals surface area (Å²) in [4.78, 5) is 0. The van der Waals surface area contributed by atoms with Gasteiger partial charge in [-0.2, -0.15) is 12.7 Å². The summed E-state index contributed by atoms with van der Waals surface area (Å²) in [7, 11) is -1.67. The second-order valence-corrected chi connectivity index (χ2v) is 7.18. The fraction of sp³-hybridized carbons (Fsp3) is 1.00. The largest absolute Gasteiger partial charge is 0.317 e. The summed E-state index contributed by atoms with van der Waals surface area (Å²) in [5.74, 6) is 0.686. The van der Waals surface area contributed by atoms with Gasteiger partial charge in [-0.05, 0) is 31.8 Å². The number of hydrogen-bond donors (Lipinski definition) is 2. The van der Waals surface area contributed by atoms with E-state index in [1.807, 2.05) is 6.92 Å². The van der Waals surface area contributed by atoms with E-state index >= 15 is 0 Å². The van der Waals surface area contributed by atoms with Crippen molar-refractivity contribution in [3.8, 4) is 0 Å². The first-order chi connectivity index (χ1) is 8.90. The van der Waals surface area contributed by atoms with E-state index in [9.17, 15) is 8.42 Å². The molecule has 5 nitrogen and oxygen atoms in total. The van der Waals surface area contributed by atoms with Crippen LogP contribution in [0.2, 0.25) is 0 Å². The molecule has 116 valence electrons. The van der Waals surface area contributed by atoms with Crippen molar-refractivity contribution in [1.82, 2.24) is 14.3 Å². The summed E-state index contributed by atoms with van der Waals surface area (Å²) >= 11 is 0. The lowest BCUT2D eigenvalue weighted by Gasteiger charge is -2.17. The van der Waals surface area contributed by atoms with Crippen molar-refractivity contribution < 1.29 is 8.42 Å². The maximum absolute atomic E-state index is 11.9. The van der Waals surface area contributed by atoms with Gasteiger partial charge in [0.1, 0.15) is 0 Å². The molecule has 2 N–H and O–H groups in total. The smallest absolute Gasteiger partial charge is 0.279 e. The maximum Gasteiger partial charge on any atom is 0.279 e. The normalized spacial score (nSPS) is 12.5. The van der Waals surface area contributed by atoms with E-state index in [1.54, 1.807) is 7.05 Å². The Morgan fingerprint density at radius 3 is 2.37 bits per heavy atom. The Kier molecular flexibility index (Phi) is 10.5. The van der Waals surface area contributed by atoms with Crippen molar-refractivity contribution in [3.63, 3.8) is 0 Å². The lowest BCUT2D eigenvalue weighted by molar-refractivity contribution is 0.443. The molecule has 0 heterocycles. The van der Waals surface area contributed by atoms with E-state index in [1.165, 1.54) is 4.31 Å². The van der Waals surface area contributed by atoms with Gasteiger partial charge in [0.05, 0.1) is 0 Å². The minimum atomic E-state index is -3.29. The Labute approximate surface area is 119 Å². The molecule has 6 heteroatoms. The average molecular weight is 293 g/mol. The highest BCUT2D eigenvalue weighted by Gasteiger charge is 2.15. The van der Waals surface area contributed by atoms with E-state index < -0.39 is 10.2 Å². The van der Waals surface area contributed by atoms with Gasteiger partial charge in [-0.15, -0.1) is 0 Å². The summed E-state index contributed by atoms with van der Waals surface area (Å²) in [5.41, 5.74) is 0. The molecule has 0 bridgehead atoms. The highest BCUT2D eigenvalue weighted by molar-refractivity contribution is 7.87. The van der Waals surface area contributed by atoms with Crippen molar-refractivity contribution in [2.24, 2.45) is 5.92 Å². The van der Waals surface area contributed by atoms with Gasteiger partial charge in [-0.25, -0.2) is 4.72 Å². The minimum absolute atomic E-state index is 0.534. The maximum atomic E-state index is 11.9. The third-order valence-corrected chi connectivity index (χ3v) is 4.55. The highest BCUT2D eigenvalue weighted by atomic mass is 32.2. The SMILES string of the molecule is CCNCCCN(C)S(=O)(=O)NCCCCC(C)C. The zero-order valence-corrected chi connectivity index (χ0v) is 13.7. The molecule has 19 heavy (non-hydrogen) atoms. The first-order valence-electron chi connectivity index (χ1n) is 7.31. The van der Waals surface area contributed by atoms with Gasteiger partial charge in [0.25, 0.3) is 10.2 Å². The predicted molar refractivity (Wildman–Crippen MR) is 81.4 cm³/mol. The molecule has 0 saturated heterocycles. The Balaban J connectivity index is 3.77. The molecule has 0 spiro atoms. The Morgan fingerprint density at radius 1 is 1.11 bits per heavy atom. The Morgan fingerprint density at radius 2 is 1.79 bits per heavy atom. The molecular formula is C13H31N3O2S. The Hall–Kier alpha value is -0.170. The number of nitrogens with one attached hydrogen (secondary N) is 2. The van der Waals surface area contributed by atoms with Gasteiger partial charge in [0.15, 0.2) is 0 Å². The van der Waals surface area contributed by atoms with Crippen LogP contribution in [-0.2, 0) is 10.2 Å². The summed E-state index contributed by atoms with van der Waals surface area (Å²) in [6, 6.07) is 0. The average Bonchev–Trinajstić information content (AvgIpc) is 2.33. The third kappa shape index (κ3) is 10.3. The molecule has 0 fully saturated rings. The molecule has 0 radical (unpaired) electrons. The van der Waals surface area contributed by atoms with Gasteiger partial charge in [-0.3, -0.25) is 0 Å². The highest BCUT2D eigenvalue weighted by Crippen LogP contribution is 2.05. The number of hydrogen-bond acceptors (Lipinski definition) is 3. The molecule has 0 aromatic rings. The van der Waals surface area contributed by atoms with Gasteiger partial charge in [-0.1, -0.05) is 33.6 Å². The molecule has 0 aliphatic carbocycles. The fourth-order valence-electron chi connectivity index (χ4n) is 1.71. The zero-order chi connectivity index (χ0) is 14.7. The topological polar surface area (TPSA) is 61.4 Å². The first-order valence-corrected chi connectivity index (χ1v) is 8.75. The molecule has 0 saturated carbocycles. The second kappa shape index (κ2) is 10.6. The zero-order valence-electron chi connectivity index (χ0n) is 12.9. The van der Waals surface area contributed by atoms with Crippen LogP contribution in [0, 0.1) is 5.92 Å². The second-order valence-electron chi connectivity index (χ2n) is 5.32. The van der Waals surface area contributed by atoms with Crippen molar-refractivity contribution in [2.45, 2.75) is 46.5 Å². The standard InChI is InChI=1S/C13H31N3O2S/c1-5-14-10-8-12-16(4)19(17,18)15-11-7-6-9-13(2)3/h13-15H,5-12H2,1-4H3. The lowest BCUT2D eigenvalue weighted by atomic mass is 10.1. The van der Waals surface area contributed by atoms with Crippen molar-refractivity contribution >= 4 is 10.2 Å². The number of rotatable bonds is 12. The molecule has 0 aliphatic heterocycles. The van der Waals surface area contributed by atoms with Crippen LogP contribution in [0.5, 0.6) is 0 Å². The van der Waals surface area contributed by atoms with Gasteiger partial charge in [0, 0.05) is 20.1 Å². The fourth-order valence-corrected chi connectivity index (χ4v) is 2.70. The van der Waals surface area contributed by atoms with E-state index in [2.05, 4.69) is 23.9 Å². The first kappa shape index (κ1) is 18.8. The van der Waals surface area contributed by atoms with Crippen LogP contribution in [0.3, 0.4) is 0 Å². The van der Waals surface area contributed by atoms with Crippen LogP contribution < -0.4 is 10.0 Å². The van der Waals surface area contributed by atoms with Crippen LogP contribution >= 0.6 is 0 Å². The van der Waals surface area contributed by atoms with Crippen molar-refractivity contribution in [3.05, 3.63) is 0 Å². The van der Waals surface area contributed by atoms with Gasteiger partial charge in [0.2, 0.25) is 0 Å². The molecule has 0 aromatic carbocycles. The van der Waals surface area contributed by atoms with Crippen LogP contribution in [-0.4, -0.2) is 45.9 Å². The van der Waals surface area contributed by atoms with Gasteiger partial charge < -0.3 is 5.32 Å². The van der Waals surface area contributed by atoms with Crippen molar-refractivity contribution in [2.75, 3.05) is 33.2 Å². The van der Waals surface area contributed by atoms with Crippen molar-refractivity contribution in [1.29, 1.82) is 0 Å². The third-order valence-electron chi connectivity index (χ3n) is 2.98. The molecule has 0 rings (SSSR count). The molecule has 0 aromatic heterocycles. The molecule has 0 amide bonds. The number of nitrogens with zero attached hydrogens (tertiary/aromatic N) is 1. The minimum Gasteiger partial charge on any atom is -0.317 e. The Bertz CT molecular complexity index is 305.